The van der Waals surface area contributed by atoms with E-state index in [1.807, 2.05) is 18.2 Å². The Labute approximate surface area is 126 Å². The molecule has 0 bridgehead atoms. The number of rotatable bonds is 9. The average molecular weight is 285 g/mol. The van der Waals surface area contributed by atoms with Gasteiger partial charge in [0.15, 0.2) is 0 Å². The molecule has 1 aliphatic carbocycles. The number of hydrogen-bond donors (Lipinski definition) is 1. The van der Waals surface area contributed by atoms with Crippen LogP contribution in [0.3, 0.4) is 0 Å². The first-order valence-electron chi connectivity index (χ1n) is 7.80. The molecule has 1 aromatic heterocycles. The highest BCUT2D eigenvalue weighted by atomic mass is 16.5. The number of hydrogen-bond acceptors (Lipinski definition) is 3. The highest BCUT2D eigenvalue weighted by Gasteiger charge is 2.22. The van der Waals surface area contributed by atoms with Crippen LogP contribution in [-0.4, -0.2) is 12.6 Å². The lowest BCUT2D eigenvalue weighted by Gasteiger charge is -2.06. The Morgan fingerprint density at radius 2 is 2.19 bits per heavy atom. The van der Waals surface area contributed by atoms with Crippen molar-refractivity contribution in [2.45, 2.75) is 44.9 Å². The maximum absolute atomic E-state index is 6.00. The largest absolute Gasteiger partial charge is 0.459 e. The molecule has 1 aliphatic rings. The molecule has 0 aliphatic heterocycles. The molecule has 1 N–H and O–H groups in total. The minimum Gasteiger partial charge on any atom is -0.459 e. The summed E-state index contributed by atoms with van der Waals surface area (Å²) in [5, 5.41) is 4.70. The van der Waals surface area contributed by atoms with Gasteiger partial charge in [-0.15, -0.1) is 6.58 Å². The first kappa shape index (κ1) is 14.4. The summed E-state index contributed by atoms with van der Waals surface area (Å²) >= 11 is 0. The molecule has 1 fully saturated rings. The van der Waals surface area contributed by atoms with Crippen molar-refractivity contribution in [3.8, 4) is 0 Å². The lowest BCUT2D eigenvalue weighted by atomic mass is 10.1. The smallest absolute Gasteiger partial charge is 0.134 e. The van der Waals surface area contributed by atoms with Gasteiger partial charge in [-0.1, -0.05) is 24.3 Å². The number of para-hydroxylation sites is 1. The predicted molar refractivity (Wildman–Crippen MR) is 85.2 cm³/mol. The van der Waals surface area contributed by atoms with Crippen molar-refractivity contribution in [2.75, 3.05) is 6.61 Å². The molecule has 112 valence electrons. The highest BCUT2D eigenvalue weighted by Crippen LogP contribution is 2.28. The number of furan rings is 1. The normalized spacial score (nSPS) is 14.7. The maximum Gasteiger partial charge on any atom is 0.134 e. The number of ether oxygens (including phenoxy) is 1. The van der Waals surface area contributed by atoms with Gasteiger partial charge < -0.3 is 14.5 Å². The van der Waals surface area contributed by atoms with Crippen LogP contribution < -0.4 is 5.32 Å². The molecule has 0 spiro atoms. The van der Waals surface area contributed by atoms with Crippen LogP contribution in [-0.2, 0) is 17.9 Å². The van der Waals surface area contributed by atoms with Crippen LogP contribution in [0.25, 0.3) is 11.0 Å². The van der Waals surface area contributed by atoms with Gasteiger partial charge in [0.25, 0.3) is 0 Å². The fourth-order valence-corrected chi connectivity index (χ4v) is 2.48. The second-order valence-corrected chi connectivity index (χ2v) is 5.64. The second kappa shape index (κ2) is 6.92. The number of unbranched alkanes of at least 4 members (excludes halogenated alkanes) is 1. The van der Waals surface area contributed by atoms with Gasteiger partial charge in [-0.2, -0.15) is 0 Å². The molecule has 0 saturated heterocycles. The molecular formula is C18H23NO2. The molecule has 3 heteroatoms. The Morgan fingerprint density at radius 1 is 1.33 bits per heavy atom. The third kappa shape index (κ3) is 3.74. The van der Waals surface area contributed by atoms with E-state index in [0.29, 0.717) is 12.6 Å². The molecule has 1 heterocycles. The van der Waals surface area contributed by atoms with Crippen molar-refractivity contribution < 1.29 is 9.15 Å². The SMILES string of the molecule is C=CCCCOCc1c(CNC2CC2)oc2ccccc12. The van der Waals surface area contributed by atoms with Gasteiger partial charge in [-0.25, -0.2) is 0 Å². The van der Waals surface area contributed by atoms with E-state index in [9.17, 15) is 0 Å². The van der Waals surface area contributed by atoms with Crippen LogP contribution in [0.1, 0.15) is 37.0 Å². The first-order chi connectivity index (χ1) is 10.4. The fraction of sp³-hybridized carbons (Fsp3) is 0.444. The summed E-state index contributed by atoms with van der Waals surface area (Å²) in [4.78, 5) is 0. The molecule has 21 heavy (non-hydrogen) atoms. The zero-order chi connectivity index (χ0) is 14.5. The van der Waals surface area contributed by atoms with Crippen LogP contribution >= 0.6 is 0 Å². The summed E-state index contributed by atoms with van der Waals surface area (Å²) in [5.41, 5.74) is 2.15. The van der Waals surface area contributed by atoms with Crippen molar-refractivity contribution in [3.63, 3.8) is 0 Å². The van der Waals surface area contributed by atoms with Gasteiger partial charge in [0, 0.05) is 23.6 Å². The van der Waals surface area contributed by atoms with Crippen LogP contribution in [0.15, 0.2) is 41.3 Å². The van der Waals surface area contributed by atoms with Gasteiger partial charge in [0.1, 0.15) is 11.3 Å². The number of nitrogens with one attached hydrogen (secondary N) is 1. The van der Waals surface area contributed by atoms with Crippen molar-refractivity contribution in [1.82, 2.24) is 5.32 Å². The molecule has 3 rings (SSSR count). The lowest BCUT2D eigenvalue weighted by Crippen LogP contribution is -2.16. The van der Waals surface area contributed by atoms with E-state index >= 15 is 0 Å². The Bertz CT molecular complexity index is 598. The van der Waals surface area contributed by atoms with Crippen molar-refractivity contribution in [3.05, 3.63) is 48.2 Å². The van der Waals surface area contributed by atoms with E-state index in [4.69, 9.17) is 9.15 Å². The highest BCUT2D eigenvalue weighted by molar-refractivity contribution is 5.82. The van der Waals surface area contributed by atoms with Crippen molar-refractivity contribution in [1.29, 1.82) is 0 Å². The standard InChI is InChI=1S/C18H23NO2/c1-2-3-6-11-20-13-16-15-7-4-5-8-17(15)21-18(16)12-19-14-9-10-14/h2,4-5,7-8,14,19H,1,3,6,9-13H2. The molecule has 0 radical (unpaired) electrons. The second-order valence-electron chi connectivity index (χ2n) is 5.64. The Morgan fingerprint density at radius 3 is 3.00 bits per heavy atom. The zero-order valence-corrected chi connectivity index (χ0v) is 12.4. The molecule has 1 saturated carbocycles. The summed E-state index contributed by atoms with van der Waals surface area (Å²) in [7, 11) is 0. The molecule has 2 aromatic rings. The number of allylic oxidation sites excluding steroid dienone is 1. The maximum atomic E-state index is 6.00. The van der Waals surface area contributed by atoms with E-state index in [-0.39, 0.29) is 0 Å². The lowest BCUT2D eigenvalue weighted by molar-refractivity contribution is 0.118. The molecule has 0 unspecified atom stereocenters. The molecule has 0 atom stereocenters. The quantitative estimate of drug-likeness (QED) is 0.554. The van der Waals surface area contributed by atoms with Gasteiger partial charge in [0.05, 0.1) is 13.2 Å². The summed E-state index contributed by atoms with van der Waals surface area (Å²) < 4.78 is 11.8. The summed E-state index contributed by atoms with van der Waals surface area (Å²) in [5.74, 6) is 1.02. The predicted octanol–water partition coefficient (Wildman–Crippen LogP) is 4.17. The molecule has 0 amide bonds. The van der Waals surface area contributed by atoms with Gasteiger partial charge in [0.2, 0.25) is 0 Å². The monoisotopic (exact) mass is 285 g/mol. The van der Waals surface area contributed by atoms with Crippen LogP contribution in [0.5, 0.6) is 0 Å². The molecule has 1 aromatic carbocycles. The minimum atomic E-state index is 0.621. The van der Waals surface area contributed by atoms with E-state index in [1.165, 1.54) is 23.8 Å². The number of fused-ring (bicyclic) bond motifs is 1. The summed E-state index contributed by atoms with van der Waals surface area (Å²) in [6, 6.07) is 8.88. The van der Waals surface area contributed by atoms with Gasteiger partial charge >= 0.3 is 0 Å². The van der Waals surface area contributed by atoms with Crippen LogP contribution in [0, 0.1) is 0 Å². The third-order valence-corrected chi connectivity index (χ3v) is 3.85. The average Bonchev–Trinajstić information content (AvgIpc) is 3.27. The molecular weight excluding hydrogens is 262 g/mol. The van der Waals surface area contributed by atoms with Crippen LogP contribution in [0.4, 0.5) is 0 Å². The summed E-state index contributed by atoms with van der Waals surface area (Å²) in [6.45, 7) is 5.91. The molecule has 3 nitrogen and oxygen atoms in total. The van der Waals surface area contributed by atoms with Crippen LogP contribution in [0.2, 0.25) is 0 Å². The van der Waals surface area contributed by atoms with E-state index in [2.05, 4.69) is 24.0 Å². The zero-order valence-electron chi connectivity index (χ0n) is 12.4. The van der Waals surface area contributed by atoms with Crippen molar-refractivity contribution in [2.24, 2.45) is 0 Å². The minimum absolute atomic E-state index is 0.621. The fourth-order valence-electron chi connectivity index (χ4n) is 2.48. The van der Waals surface area contributed by atoms with Gasteiger partial charge in [-0.05, 0) is 31.7 Å². The Balaban J connectivity index is 1.69. The van der Waals surface area contributed by atoms with E-state index in [0.717, 1.165) is 37.3 Å². The topological polar surface area (TPSA) is 34.4 Å². The third-order valence-electron chi connectivity index (χ3n) is 3.85. The first-order valence-corrected chi connectivity index (χ1v) is 7.80. The van der Waals surface area contributed by atoms with Gasteiger partial charge in [-0.3, -0.25) is 0 Å². The van der Waals surface area contributed by atoms with E-state index < -0.39 is 0 Å². The number of benzene rings is 1. The van der Waals surface area contributed by atoms with Crippen molar-refractivity contribution >= 4 is 11.0 Å². The summed E-state index contributed by atoms with van der Waals surface area (Å²) in [6.07, 6.45) is 6.53. The Kier molecular flexibility index (Phi) is 4.73. The Hall–Kier alpha value is -1.58. The van der Waals surface area contributed by atoms with E-state index in [1.54, 1.807) is 0 Å².